The van der Waals surface area contributed by atoms with Crippen molar-refractivity contribution in [3.05, 3.63) is 108 Å². The minimum atomic E-state index is 0.288. The van der Waals surface area contributed by atoms with Gasteiger partial charge in [0.1, 0.15) is 0 Å². The second kappa shape index (κ2) is 10.4. The Balaban J connectivity index is 1.51. The molecule has 0 spiro atoms. The van der Waals surface area contributed by atoms with Gasteiger partial charge >= 0.3 is 0 Å². The molecule has 150 valence electrons. The van der Waals surface area contributed by atoms with Crippen molar-refractivity contribution in [1.29, 1.82) is 0 Å². The van der Waals surface area contributed by atoms with Crippen molar-refractivity contribution in [1.82, 2.24) is 4.90 Å². The highest BCUT2D eigenvalue weighted by molar-refractivity contribution is 5.18. The summed E-state index contributed by atoms with van der Waals surface area (Å²) in [4.78, 5) is 2.64. The molecule has 3 aromatic rings. The fraction of sp³-hybridized carbons (Fsp3) is 0.333. The smallest absolute Gasteiger partial charge is 0.0735 e. The maximum Gasteiger partial charge on any atom is 0.0735 e. The predicted molar refractivity (Wildman–Crippen MR) is 119 cm³/mol. The molecule has 2 heteroatoms. The molecule has 0 radical (unpaired) electrons. The maximum absolute atomic E-state index is 6.50. The zero-order chi connectivity index (χ0) is 19.7. The lowest BCUT2D eigenvalue weighted by Gasteiger charge is -2.40. The van der Waals surface area contributed by atoms with E-state index in [0.29, 0.717) is 12.6 Å². The molecule has 1 saturated carbocycles. The summed E-state index contributed by atoms with van der Waals surface area (Å²) in [6, 6.07) is 32.7. The SMILES string of the molecule is c1ccc(CO[C@@H]2CCCC[C@H]2N(Cc2ccccc2)Cc2ccccc2)cc1. The standard InChI is InChI=1S/C27H31NO/c1-4-12-23(13-5-1)20-28(21-24-14-6-2-7-15-24)26-18-10-11-19-27(26)29-22-25-16-8-3-9-17-25/h1-9,12-17,26-27H,10-11,18-22H2/t26-,27-/m1/s1. The minimum absolute atomic E-state index is 0.288. The van der Waals surface area contributed by atoms with E-state index in [0.717, 1.165) is 19.5 Å². The third kappa shape index (κ3) is 5.79. The van der Waals surface area contributed by atoms with Gasteiger partial charge in [-0.15, -0.1) is 0 Å². The van der Waals surface area contributed by atoms with Crippen LogP contribution in [0.15, 0.2) is 91.0 Å². The highest BCUT2D eigenvalue weighted by Gasteiger charge is 2.31. The molecule has 1 fully saturated rings. The quantitative estimate of drug-likeness (QED) is 0.456. The van der Waals surface area contributed by atoms with Crippen LogP contribution in [0.1, 0.15) is 42.4 Å². The van der Waals surface area contributed by atoms with Gasteiger partial charge in [0.15, 0.2) is 0 Å². The van der Waals surface area contributed by atoms with Gasteiger partial charge in [-0.25, -0.2) is 0 Å². The molecule has 0 amide bonds. The Hall–Kier alpha value is -2.42. The molecule has 4 rings (SSSR count). The highest BCUT2D eigenvalue weighted by Crippen LogP contribution is 2.29. The zero-order valence-corrected chi connectivity index (χ0v) is 17.1. The van der Waals surface area contributed by atoms with E-state index in [1.54, 1.807) is 0 Å². The fourth-order valence-corrected chi connectivity index (χ4v) is 4.39. The van der Waals surface area contributed by atoms with E-state index in [-0.39, 0.29) is 6.10 Å². The fourth-order valence-electron chi connectivity index (χ4n) is 4.39. The maximum atomic E-state index is 6.50. The summed E-state index contributed by atoms with van der Waals surface area (Å²) >= 11 is 0. The molecule has 0 bridgehead atoms. The summed E-state index contributed by atoms with van der Waals surface area (Å²) < 4.78 is 6.50. The van der Waals surface area contributed by atoms with E-state index in [9.17, 15) is 0 Å². The highest BCUT2D eigenvalue weighted by atomic mass is 16.5. The molecule has 0 aromatic heterocycles. The zero-order valence-electron chi connectivity index (χ0n) is 17.1. The molecule has 0 aliphatic heterocycles. The third-order valence-electron chi connectivity index (χ3n) is 5.90. The van der Waals surface area contributed by atoms with Crippen LogP contribution in [0, 0.1) is 0 Å². The van der Waals surface area contributed by atoms with Gasteiger partial charge in [-0.1, -0.05) is 104 Å². The average Bonchev–Trinajstić information content (AvgIpc) is 2.80. The third-order valence-corrected chi connectivity index (χ3v) is 5.90. The molecule has 1 aliphatic rings. The summed E-state index contributed by atoms with van der Waals surface area (Å²) in [5.41, 5.74) is 4.00. The molecular formula is C27H31NO. The summed E-state index contributed by atoms with van der Waals surface area (Å²) in [7, 11) is 0. The Morgan fingerprint density at radius 2 is 1.10 bits per heavy atom. The van der Waals surface area contributed by atoms with E-state index >= 15 is 0 Å². The van der Waals surface area contributed by atoms with Crippen LogP contribution >= 0.6 is 0 Å². The first-order chi connectivity index (χ1) is 14.4. The van der Waals surface area contributed by atoms with E-state index in [2.05, 4.69) is 95.9 Å². The summed E-state index contributed by atoms with van der Waals surface area (Å²) in [5.74, 6) is 0. The average molecular weight is 386 g/mol. The first-order valence-corrected chi connectivity index (χ1v) is 10.9. The Labute approximate surface area is 175 Å². The minimum Gasteiger partial charge on any atom is -0.372 e. The molecule has 0 heterocycles. The van der Waals surface area contributed by atoms with Gasteiger partial charge in [0.2, 0.25) is 0 Å². The van der Waals surface area contributed by atoms with E-state index < -0.39 is 0 Å². The number of nitrogens with zero attached hydrogens (tertiary/aromatic N) is 1. The molecule has 29 heavy (non-hydrogen) atoms. The van der Waals surface area contributed by atoms with Crippen molar-refractivity contribution in [2.45, 2.75) is 57.5 Å². The lowest BCUT2D eigenvalue weighted by molar-refractivity contribution is -0.0498. The molecule has 0 saturated heterocycles. The molecule has 2 nitrogen and oxygen atoms in total. The predicted octanol–water partition coefficient (Wildman–Crippen LogP) is 6.22. The molecule has 3 aromatic carbocycles. The number of hydrogen-bond donors (Lipinski definition) is 0. The molecule has 0 unspecified atom stereocenters. The van der Waals surface area contributed by atoms with Crippen molar-refractivity contribution in [3.63, 3.8) is 0 Å². The van der Waals surface area contributed by atoms with Crippen LogP contribution in [0.2, 0.25) is 0 Å². The van der Waals surface area contributed by atoms with E-state index in [1.807, 2.05) is 0 Å². The van der Waals surface area contributed by atoms with Gasteiger partial charge in [0, 0.05) is 19.1 Å². The van der Waals surface area contributed by atoms with Gasteiger partial charge in [-0.3, -0.25) is 4.90 Å². The van der Waals surface area contributed by atoms with Crippen molar-refractivity contribution in [2.75, 3.05) is 0 Å². The Morgan fingerprint density at radius 3 is 1.66 bits per heavy atom. The van der Waals surface area contributed by atoms with Crippen molar-refractivity contribution in [2.24, 2.45) is 0 Å². The number of benzene rings is 3. The molecule has 1 aliphatic carbocycles. The molecule has 0 N–H and O–H groups in total. The van der Waals surface area contributed by atoms with Crippen molar-refractivity contribution in [3.8, 4) is 0 Å². The lowest BCUT2D eigenvalue weighted by Crippen LogP contribution is -2.45. The van der Waals surface area contributed by atoms with Crippen LogP contribution < -0.4 is 0 Å². The van der Waals surface area contributed by atoms with Gasteiger partial charge < -0.3 is 4.74 Å². The van der Waals surface area contributed by atoms with Crippen LogP contribution in [0.3, 0.4) is 0 Å². The van der Waals surface area contributed by atoms with Crippen LogP contribution in [0.5, 0.6) is 0 Å². The number of rotatable bonds is 8. The molecule has 2 atom stereocenters. The van der Waals surface area contributed by atoms with Crippen molar-refractivity contribution >= 4 is 0 Å². The first kappa shape index (κ1) is 19.9. The second-order valence-electron chi connectivity index (χ2n) is 8.06. The summed E-state index contributed by atoms with van der Waals surface area (Å²) in [6.07, 6.45) is 5.20. The Morgan fingerprint density at radius 1 is 0.621 bits per heavy atom. The number of hydrogen-bond acceptors (Lipinski definition) is 2. The van der Waals surface area contributed by atoms with Crippen LogP contribution in [-0.2, 0) is 24.4 Å². The monoisotopic (exact) mass is 385 g/mol. The summed E-state index contributed by atoms with van der Waals surface area (Å²) in [5, 5.41) is 0. The van der Waals surface area contributed by atoms with Crippen LogP contribution in [0.25, 0.3) is 0 Å². The molecular weight excluding hydrogens is 354 g/mol. The van der Waals surface area contributed by atoms with Crippen LogP contribution in [-0.4, -0.2) is 17.0 Å². The largest absolute Gasteiger partial charge is 0.372 e. The van der Waals surface area contributed by atoms with Crippen LogP contribution in [0.4, 0.5) is 0 Å². The number of ether oxygens (including phenoxy) is 1. The van der Waals surface area contributed by atoms with E-state index in [4.69, 9.17) is 4.74 Å². The van der Waals surface area contributed by atoms with Crippen molar-refractivity contribution < 1.29 is 4.74 Å². The Kier molecular flexibility index (Phi) is 7.12. The first-order valence-electron chi connectivity index (χ1n) is 10.9. The lowest BCUT2D eigenvalue weighted by atomic mass is 9.90. The topological polar surface area (TPSA) is 12.5 Å². The van der Waals surface area contributed by atoms with E-state index in [1.165, 1.54) is 36.0 Å². The normalized spacial score (nSPS) is 19.3. The van der Waals surface area contributed by atoms with Gasteiger partial charge in [-0.05, 0) is 29.5 Å². The van der Waals surface area contributed by atoms with Gasteiger partial charge in [0.05, 0.1) is 12.7 Å². The Bertz CT molecular complexity index is 793. The summed E-state index contributed by atoms with van der Waals surface area (Å²) in [6.45, 7) is 2.63. The second-order valence-corrected chi connectivity index (χ2v) is 8.06. The van der Waals surface area contributed by atoms with Gasteiger partial charge in [0.25, 0.3) is 0 Å². The van der Waals surface area contributed by atoms with Gasteiger partial charge in [-0.2, -0.15) is 0 Å².